The molecule has 0 atom stereocenters. The third-order valence-electron chi connectivity index (χ3n) is 4.11. The van der Waals surface area contributed by atoms with Crippen LogP contribution in [0, 0.1) is 5.41 Å². The van der Waals surface area contributed by atoms with E-state index in [1.165, 1.54) is 30.3 Å². The highest BCUT2D eigenvalue weighted by Crippen LogP contribution is 2.36. The van der Waals surface area contributed by atoms with Crippen molar-refractivity contribution in [3.05, 3.63) is 58.1 Å². The zero-order chi connectivity index (χ0) is 20.0. The normalized spacial score (nSPS) is 17.8. The number of carbonyl (C=O) groups excluding carboxylic acids is 2. The molecule has 142 valence electrons. The van der Waals surface area contributed by atoms with E-state index < -0.39 is 27.3 Å². The van der Waals surface area contributed by atoms with Gasteiger partial charge in [-0.15, -0.1) is 0 Å². The molecule has 0 radical (unpaired) electrons. The van der Waals surface area contributed by atoms with Gasteiger partial charge in [0.15, 0.2) is 0 Å². The Morgan fingerprint density at radius 1 is 1.11 bits per heavy atom. The van der Waals surface area contributed by atoms with Gasteiger partial charge in [-0.3, -0.25) is 9.59 Å². The van der Waals surface area contributed by atoms with Crippen molar-refractivity contribution in [3.8, 4) is 0 Å². The van der Waals surface area contributed by atoms with Crippen LogP contribution in [0.2, 0.25) is 10.0 Å². The summed E-state index contributed by atoms with van der Waals surface area (Å²) in [4.78, 5) is 25.0. The largest absolute Gasteiger partial charge is 0.322 e. The van der Waals surface area contributed by atoms with Crippen molar-refractivity contribution in [2.24, 2.45) is 5.41 Å². The van der Waals surface area contributed by atoms with Gasteiger partial charge in [-0.2, -0.15) is 0 Å². The second-order valence-electron chi connectivity index (χ2n) is 6.84. The van der Waals surface area contributed by atoms with Gasteiger partial charge in [0, 0.05) is 11.3 Å². The molecule has 2 amide bonds. The Bertz CT molecular complexity index is 1050. The molecule has 9 heteroatoms. The standard InChI is InChI=1S/C18H16Cl2N2O4S/c1-18(2)10-27(25,26)22(17(18)24)13-5-3-4-11(8-13)16(23)21-12-6-7-14(19)15(20)9-12/h3-9H,10H2,1-2H3,(H,21,23). The zero-order valence-electron chi connectivity index (χ0n) is 14.5. The van der Waals surface area contributed by atoms with Gasteiger partial charge in [-0.25, -0.2) is 12.7 Å². The minimum atomic E-state index is -3.79. The molecular weight excluding hydrogens is 411 g/mol. The quantitative estimate of drug-likeness (QED) is 0.804. The maximum Gasteiger partial charge on any atom is 0.255 e. The number of benzene rings is 2. The van der Waals surface area contributed by atoms with Crippen LogP contribution < -0.4 is 9.62 Å². The minimum Gasteiger partial charge on any atom is -0.322 e. The molecule has 1 aliphatic rings. The molecule has 1 heterocycles. The maximum absolute atomic E-state index is 12.5. The van der Waals surface area contributed by atoms with Gasteiger partial charge in [0.1, 0.15) is 0 Å². The number of rotatable bonds is 3. The number of nitrogens with one attached hydrogen (secondary N) is 1. The first-order chi connectivity index (χ1) is 12.5. The maximum atomic E-state index is 12.5. The summed E-state index contributed by atoms with van der Waals surface area (Å²) in [6, 6.07) is 10.5. The molecule has 1 saturated heterocycles. The third-order valence-corrected chi connectivity index (χ3v) is 6.86. The van der Waals surface area contributed by atoms with Gasteiger partial charge in [0.2, 0.25) is 15.9 Å². The molecule has 1 N–H and O–H groups in total. The molecule has 2 aromatic carbocycles. The first-order valence-corrected chi connectivity index (χ1v) is 10.3. The highest BCUT2D eigenvalue weighted by Gasteiger charge is 2.49. The fourth-order valence-electron chi connectivity index (χ4n) is 2.81. The molecule has 0 bridgehead atoms. The summed E-state index contributed by atoms with van der Waals surface area (Å²) in [5.74, 6) is -1.28. The molecular formula is C18H16Cl2N2O4S. The highest BCUT2D eigenvalue weighted by molar-refractivity contribution is 7.94. The van der Waals surface area contributed by atoms with Gasteiger partial charge in [0.05, 0.1) is 26.9 Å². The fraction of sp³-hybridized carbons (Fsp3) is 0.222. The van der Waals surface area contributed by atoms with Crippen LogP contribution in [0.5, 0.6) is 0 Å². The summed E-state index contributed by atoms with van der Waals surface area (Å²) in [7, 11) is -3.79. The van der Waals surface area contributed by atoms with Gasteiger partial charge in [-0.1, -0.05) is 29.3 Å². The van der Waals surface area contributed by atoms with Crippen LogP contribution in [-0.2, 0) is 14.8 Å². The molecule has 0 aliphatic carbocycles. The van der Waals surface area contributed by atoms with Crippen LogP contribution in [0.25, 0.3) is 0 Å². The van der Waals surface area contributed by atoms with Gasteiger partial charge in [-0.05, 0) is 50.2 Å². The van der Waals surface area contributed by atoms with E-state index >= 15 is 0 Å². The van der Waals surface area contributed by atoms with Crippen LogP contribution in [0.15, 0.2) is 42.5 Å². The third kappa shape index (κ3) is 3.81. The van der Waals surface area contributed by atoms with E-state index in [-0.39, 0.29) is 17.0 Å². The predicted octanol–water partition coefficient (Wildman–Crippen LogP) is 3.95. The van der Waals surface area contributed by atoms with Crippen LogP contribution in [0.1, 0.15) is 24.2 Å². The number of carbonyl (C=O) groups is 2. The molecule has 0 unspecified atom stereocenters. The smallest absolute Gasteiger partial charge is 0.255 e. The highest BCUT2D eigenvalue weighted by atomic mass is 35.5. The van der Waals surface area contributed by atoms with Crippen LogP contribution in [0.3, 0.4) is 0 Å². The van der Waals surface area contributed by atoms with Crippen LogP contribution >= 0.6 is 23.2 Å². The number of anilines is 2. The van der Waals surface area contributed by atoms with Gasteiger partial charge in [0.25, 0.3) is 5.91 Å². The average Bonchev–Trinajstić information content (AvgIpc) is 2.74. The van der Waals surface area contributed by atoms with Crippen molar-refractivity contribution in [1.29, 1.82) is 0 Å². The fourth-order valence-corrected chi connectivity index (χ4v) is 5.21. The first kappa shape index (κ1) is 19.7. The zero-order valence-corrected chi connectivity index (χ0v) is 16.8. The molecule has 27 heavy (non-hydrogen) atoms. The number of halogens is 2. The van der Waals surface area contributed by atoms with Crippen molar-refractivity contribution in [2.45, 2.75) is 13.8 Å². The van der Waals surface area contributed by atoms with E-state index in [9.17, 15) is 18.0 Å². The molecule has 1 fully saturated rings. The minimum absolute atomic E-state index is 0.132. The van der Waals surface area contributed by atoms with E-state index in [1.54, 1.807) is 26.0 Å². The lowest BCUT2D eigenvalue weighted by atomic mass is 9.95. The second kappa shape index (κ2) is 6.82. The molecule has 3 rings (SSSR count). The summed E-state index contributed by atoms with van der Waals surface area (Å²) in [5.41, 5.74) is -0.249. The van der Waals surface area contributed by atoms with Crippen molar-refractivity contribution >= 4 is 56.4 Å². The second-order valence-corrected chi connectivity index (χ2v) is 9.48. The SMILES string of the molecule is CC1(C)CS(=O)(=O)N(c2cccc(C(=O)Nc3ccc(Cl)c(Cl)c3)c2)C1=O. The molecule has 0 spiro atoms. The van der Waals surface area contributed by atoms with E-state index in [0.717, 1.165) is 4.31 Å². The number of hydrogen-bond donors (Lipinski definition) is 1. The Balaban J connectivity index is 1.90. The number of hydrogen-bond acceptors (Lipinski definition) is 4. The van der Waals surface area contributed by atoms with Crippen LogP contribution in [-0.4, -0.2) is 26.0 Å². The summed E-state index contributed by atoms with van der Waals surface area (Å²) < 4.78 is 25.6. The van der Waals surface area contributed by atoms with Crippen LogP contribution in [0.4, 0.5) is 11.4 Å². The predicted molar refractivity (Wildman–Crippen MR) is 106 cm³/mol. The Kier molecular flexibility index (Phi) is 4.96. The Morgan fingerprint density at radius 3 is 2.41 bits per heavy atom. The molecule has 0 aromatic heterocycles. The van der Waals surface area contributed by atoms with E-state index in [0.29, 0.717) is 15.7 Å². The summed E-state index contributed by atoms with van der Waals surface area (Å²) in [6.07, 6.45) is 0. The first-order valence-electron chi connectivity index (χ1n) is 7.95. The van der Waals surface area contributed by atoms with Gasteiger partial charge < -0.3 is 5.32 Å². The molecule has 2 aromatic rings. The molecule has 6 nitrogen and oxygen atoms in total. The average molecular weight is 427 g/mol. The summed E-state index contributed by atoms with van der Waals surface area (Å²) in [6.45, 7) is 3.15. The summed E-state index contributed by atoms with van der Waals surface area (Å²) >= 11 is 11.8. The van der Waals surface area contributed by atoms with E-state index in [4.69, 9.17) is 23.2 Å². The van der Waals surface area contributed by atoms with Crippen molar-refractivity contribution in [2.75, 3.05) is 15.4 Å². The van der Waals surface area contributed by atoms with E-state index in [1.807, 2.05) is 0 Å². The lowest BCUT2D eigenvalue weighted by Crippen LogP contribution is -2.33. The molecule has 1 aliphatic heterocycles. The van der Waals surface area contributed by atoms with Crippen molar-refractivity contribution in [3.63, 3.8) is 0 Å². The number of nitrogens with zero attached hydrogens (tertiary/aromatic N) is 1. The summed E-state index contributed by atoms with van der Waals surface area (Å²) in [5, 5.41) is 3.31. The molecule has 0 saturated carbocycles. The number of sulfonamides is 1. The lowest BCUT2D eigenvalue weighted by molar-refractivity contribution is -0.123. The Labute approximate surface area is 167 Å². The van der Waals surface area contributed by atoms with Crippen molar-refractivity contribution < 1.29 is 18.0 Å². The van der Waals surface area contributed by atoms with E-state index in [2.05, 4.69) is 5.32 Å². The van der Waals surface area contributed by atoms with Gasteiger partial charge >= 0.3 is 0 Å². The Morgan fingerprint density at radius 2 is 1.81 bits per heavy atom. The topological polar surface area (TPSA) is 83.6 Å². The number of amides is 2. The Hall–Kier alpha value is -2.09. The van der Waals surface area contributed by atoms with Crippen molar-refractivity contribution in [1.82, 2.24) is 0 Å². The lowest BCUT2D eigenvalue weighted by Gasteiger charge is -2.18. The monoisotopic (exact) mass is 426 g/mol.